The number of rotatable bonds is 80. The van der Waals surface area contributed by atoms with E-state index in [1.54, 1.807) is 0 Å². The fourth-order valence-corrected chi connectivity index (χ4v) is 14.0. The summed E-state index contributed by atoms with van der Waals surface area (Å²) in [6, 6.07) is 0. The monoisotopic (exact) mass is 1450 g/mol. The fraction of sp³-hybridized carbons (Fsp3) is 0.950. The van der Waals surface area contributed by atoms with E-state index in [0.29, 0.717) is 25.7 Å². The first-order chi connectivity index (χ1) is 48.0. The van der Waals surface area contributed by atoms with Crippen molar-refractivity contribution in [1.29, 1.82) is 0 Å². The van der Waals surface area contributed by atoms with Gasteiger partial charge < -0.3 is 33.8 Å². The van der Waals surface area contributed by atoms with Crippen LogP contribution in [-0.4, -0.2) is 96.7 Å². The average Bonchev–Trinajstić information content (AvgIpc) is 1.54. The van der Waals surface area contributed by atoms with Crippen molar-refractivity contribution in [1.82, 2.24) is 0 Å². The van der Waals surface area contributed by atoms with Gasteiger partial charge in [0.2, 0.25) is 0 Å². The summed E-state index contributed by atoms with van der Waals surface area (Å²) in [5.74, 6) is -1.39. The largest absolute Gasteiger partial charge is 0.472 e. The van der Waals surface area contributed by atoms with Gasteiger partial charge in [0.25, 0.3) is 0 Å². The van der Waals surface area contributed by atoms with Gasteiger partial charge in [0, 0.05) is 25.7 Å². The number of esters is 4. The molecule has 0 spiro atoms. The van der Waals surface area contributed by atoms with Crippen LogP contribution in [0.4, 0.5) is 0 Å². The van der Waals surface area contributed by atoms with Crippen LogP contribution in [0.15, 0.2) is 0 Å². The number of carbonyl (C=O) groups excluding carboxylic acids is 4. The minimum absolute atomic E-state index is 0.105. The van der Waals surface area contributed by atoms with E-state index in [0.717, 1.165) is 95.8 Å². The van der Waals surface area contributed by atoms with Crippen molar-refractivity contribution in [2.75, 3.05) is 39.6 Å². The number of phosphoric ester groups is 2. The van der Waals surface area contributed by atoms with Gasteiger partial charge in [0.1, 0.15) is 19.3 Å². The Hall–Kier alpha value is -1.94. The van der Waals surface area contributed by atoms with Gasteiger partial charge >= 0.3 is 39.5 Å². The molecule has 17 nitrogen and oxygen atoms in total. The van der Waals surface area contributed by atoms with E-state index >= 15 is 0 Å². The van der Waals surface area contributed by atoms with Crippen molar-refractivity contribution in [2.24, 2.45) is 5.92 Å². The molecule has 0 amide bonds. The molecule has 0 aliphatic rings. The minimum atomic E-state index is -4.96. The third-order valence-electron chi connectivity index (χ3n) is 18.8. The molecule has 0 rings (SSSR count). The van der Waals surface area contributed by atoms with Gasteiger partial charge in [-0.25, -0.2) is 9.13 Å². The Kier molecular flexibility index (Phi) is 71.6. The Labute approximate surface area is 607 Å². The molecule has 0 aromatic carbocycles. The van der Waals surface area contributed by atoms with Crippen molar-refractivity contribution < 1.29 is 80.2 Å². The highest BCUT2D eigenvalue weighted by Gasteiger charge is 2.30. The van der Waals surface area contributed by atoms with Crippen molar-refractivity contribution in [2.45, 2.75) is 445 Å². The maximum atomic E-state index is 13.1. The lowest BCUT2D eigenvalue weighted by atomic mass is 10.0. The summed E-state index contributed by atoms with van der Waals surface area (Å²) in [6.45, 7) is 7.26. The molecule has 99 heavy (non-hydrogen) atoms. The smallest absolute Gasteiger partial charge is 0.462 e. The van der Waals surface area contributed by atoms with E-state index in [1.807, 2.05) is 0 Å². The molecule has 5 atom stereocenters. The minimum Gasteiger partial charge on any atom is -0.462 e. The summed E-state index contributed by atoms with van der Waals surface area (Å²) >= 11 is 0. The first-order valence-corrected chi connectivity index (χ1v) is 44.6. The second kappa shape index (κ2) is 73.0. The molecule has 2 unspecified atom stereocenters. The van der Waals surface area contributed by atoms with Gasteiger partial charge in [-0.1, -0.05) is 375 Å². The first-order valence-electron chi connectivity index (χ1n) is 41.6. The van der Waals surface area contributed by atoms with Crippen LogP contribution >= 0.6 is 15.6 Å². The Balaban J connectivity index is 5.19. The van der Waals surface area contributed by atoms with Crippen LogP contribution in [0.1, 0.15) is 426 Å². The predicted octanol–water partition coefficient (Wildman–Crippen LogP) is 24.0. The zero-order valence-electron chi connectivity index (χ0n) is 64.6. The summed E-state index contributed by atoms with van der Waals surface area (Å²) in [7, 11) is -9.91. The SMILES string of the molecule is CCCCCCCCCCCCCCCCCCCCCCC(=O)O[C@H](COC(=O)CCCCCCCCCCCCCCCCCCCCC)COP(=O)(O)OC[C@@H](O)COP(=O)(O)OC[C@@H](COC(=O)CCCCCCCCCCC)OC(=O)CCCCCCCCCCC(C)C. The lowest BCUT2D eigenvalue weighted by molar-refractivity contribution is -0.161. The molecule has 0 bridgehead atoms. The number of ether oxygens (including phenoxy) is 4. The zero-order chi connectivity index (χ0) is 72.7. The number of aliphatic hydroxyl groups excluding tert-OH is 1. The molecule has 0 saturated heterocycles. The van der Waals surface area contributed by atoms with Gasteiger partial charge in [-0.05, 0) is 31.6 Å². The van der Waals surface area contributed by atoms with E-state index in [4.69, 9.17) is 37.0 Å². The van der Waals surface area contributed by atoms with Gasteiger partial charge in [0.15, 0.2) is 12.2 Å². The molecule has 0 fully saturated rings. The second-order valence-electron chi connectivity index (χ2n) is 29.3. The molecule has 0 aliphatic carbocycles. The standard InChI is InChI=1S/C80H156O17P2/c1-6-9-12-15-18-21-23-25-27-29-31-33-35-37-39-41-44-50-55-60-65-79(84)96-75(70-91-78(83)64-59-54-49-43-40-38-36-34-32-30-28-26-24-22-19-16-13-10-7-2)71-94-98(86,87)92-67-74(81)68-93-99(88,89)95-72-76(69-90-77(82)63-58-53-48-42-20-17-14-11-8-3)97-80(85)66-61-56-51-46-45-47-52-57-62-73(4)5/h73-76,81H,6-72H2,1-5H3,(H,86,87)(H,88,89)/t74-,75-,76-/m1/s1. The Bertz CT molecular complexity index is 1890. The summed E-state index contributed by atoms with van der Waals surface area (Å²) in [5.41, 5.74) is 0. The zero-order valence-corrected chi connectivity index (χ0v) is 66.4. The molecule has 588 valence electrons. The highest BCUT2D eigenvalue weighted by Crippen LogP contribution is 2.45. The van der Waals surface area contributed by atoms with Crippen LogP contribution in [-0.2, 0) is 65.4 Å². The maximum Gasteiger partial charge on any atom is 0.472 e. The highest BCUT2D eigenvalue weighted by atomic mass is 31.2. The summed E-state index contributed by atoms with van der Waals surface area (Å²) < 4.78 is 68.6. The van der Waals surface area contributed by atoms with Gasteiger partial charge in [-0.3, -0.25) is 37.3 Å². The first kappa shape index (κ1) is 97.1. The maximum absolute atomic E-state index is 13.1. The van der Waals surface area contributed by atoms with Crippen molar-refractivity contribution >= 4 is 39.5 Å². The van der Waals surface area contributed by atoms with E-state index < -0.39 is 97.5 Å². The van der Waals surface area contributed by atoms with Crippen molar-refractivity contribution in [3.05, 3.63) is 0 Å². The van der Waals surface area contributed by atoms with Crippen LogP contribution in [0, 0.1) is 5.92 Å². The second-order valence-corrected chi connectivity index (χ2v) is 32.2. The average molecular weight is 1450 g/mol. The number of hydrogen-bond donors (Lipinski definition) is 3. The lowest BCUT2D eigenvalue weighted by Gasteiger charge is -2.21. The van der Waals surface area contributed by atoms with Gasteiger partial charge in [-0.2, -0.15) is 0 Å². The molecular formula is C80H156O17P2. The van der Waals surface area contributed by atoms with E-state index in [1.165, 1.54) is 250 Å². The third-order valence-corrected chi connectivity index (χ3v) is 20.7. The third kappa shape index (κ3) is 74.1. The van der Waals surface area contributed by atoms with Crippen LogP contribution in [0.2, 0.25) is 0 Å². The summed E-state index contributed by atoms with van der Waals surface area (Å²) in [5, 5.41) is 10.6. The van der Waals surface area contributed by atoms with E-state index in [9.17, 15) is 43.2 Å². The quantitative estimate of drug-likeness (QED) is 0.0222. The number of hydrogen-bond acceptors (Lipinski definition) is 15. The summed E-state index contributed by atoms with van der Waals surface area (Å²) in [4.78, 5) is 72.9. The lowest BCUT2D eigenvalue weighted by Crippen LogP contribution is -2.30. The molecule has 19 heteroatoms. The molecular weight excluding hydrogens is 1290 g/mol. The number of carbonyl (C=O) groups is 4. The molecule has 0 aromatic rings. The van der Waals surface area contributed by atoms with Crippen molar-refractivity contribution in [3.8, 4) is 0 Å². The van der Waals surface area contributed by atoms with Crippen LogP contribution in [0.25, 0.3) is 0 Å². The number of phosphoric acid groups is 2. The molecule has 0 aliphatic heterocycles. The van der Waals surface area contributed by atoms with Gasteiger partial charge in [-0.15, -0.1) is 0 Å². The molecule has 0 saturated carbocycles. The van der Waals surface area contributed by atoms with Crippen LogP contribution in [0.3, 0.4) is 0 Å². The normalized spacial score (nSPS) is 13.9. The molecule has 0 radical (unpaired) electrons. The molecule has 3 N–H and O–H groups in total. The van der Waals surface area contributed by atoms with E-state index in [-0.39, 0.29) is 25.7 Å². The predicted molar refractivity (Wildman–Crippen MR) is 405 cm³/mol. The number of unbranched alkanes of at least 4 members (excludes halogenated alkanes) is 52. The Morgan fingerprint density at radius 1 is 0.273 bits per heavy atom. The highest BCUT2D eigenvalue weighted by molar-refractivity contribution is 7.47. The van der Waals surface area contributed by atoms with E-state index in [2.05, 4.69) is 34.6 Å². The van der Waals surface area contributed by atoms with Crippen LogP contribution < -0.4 is 0 Å². The fourth-order valence-electron chi connectivity index (χ4n) is 12.4. The molecule has 0 aromatic heterocycles. The Morgan fingerprint density at radius 3 is 0.687 bits per heavy atom. The van der Waals surface area contributed by atoms with Gasteiger partial charge in [0.05, 0.1) is 26.4 Å². The van der Waals surface area contributed by atoms with Crippen molar-refractivity contribution in [3.63, 3.8) is 0 Å². The topological polar surface area (TPSA) is 237 Å². The summed E-state index contributed by atoms with van der Waals surface area (Å²) in [6.07, 6.45) is 64.1. The Morgan fingerprint density at radius 2 is 0.465 bits per heavy atom. The molecule has 0 heterocycles. The van der Waals surface area contributed by atoms with Crippen LogP contribution in [0.5, 0.6) is 0 Å². The number of aliphatic hydroxyl groups is 1.